The summed E-state index contributed by atoms with van der Waals surface area (Å²) in [6, 6.07) is 7.41. The van der Waals surface area contributed by atoms with Gasteiger partial charge in [-0.2, -0.15) is 0 Å². The van der Waals surface area contributed by atoms with Crippen LogP contribution in [0, 0.1) is 0 Å². The molecule has 5 heteroatoms. The van der Waals surface area contributed by atoms with E-state index in [4.69, 9.17) is 9.84 Å². The molecule has 1 aromatic rings. The van der Waals surface area contributed by atoms with Crippen LogP contribution in [-0.2, 0) is 9.59 Å². The lowest BCUT2D eigenvalue weighted by Crippen LogP contribution is -2.44. The van der Waals surface area contributed by atoms with E-state index in [2.05, 4.69) is 5.32 Å². The molecular weight excluding hydrogens is 246 g/mol. The topological polar surface area (TPSA) is 75.6 Å². The zero-order valence-corrected chi connectivity index (χ0v) is 10.2. The first-order valence-corrected chi connectivity index (χ1v) is 6.09. The van der Waals surface area contributed by atoms with E-state index >= 15 is 0 Å². The molecule has 0 radical (unpaired) electrons. The molecule has 1 aliphatic carbocycles. The van der Waals surface area contributed by atoms with Gasteiger partial charge in [-0.05, 0) is 25.0 Å². The Hall–Kier alpha value is -2.30. The average Bonchev–Trinajstić information content (AvgIpc) is 3.19. The molecule has 1 fully saturated rings. The second-order valence-corrected chi connectivity index (χ2v) is 4.84. The fraction of sp³-hybridized carbons (Fsp3) is 0.286. The van der Waals surface area contributed by atoms with Crippen LogP contribution in [0.5, 0.6) is 5.75 Å². The van der Waals surface area contributed by atoms with Crippen LogP contribution in [0.25, 0.3) is 6.08 Å². The van der Waals surface area contributed by atoms with Crippen molar-refractivity contribution in [1.82, 2.24) is 5.32 Å². The molecular formula is C14H13NO4. The molecule has 0 unspecified atom stereocenters. The highest BCUT2D eigenvalue weighted by Gasteiger charge is 2.51. The Morgan fingerprint density at radius 2 is 2.00 bits per heavy atom. The number of aliphatic carboxylic acids is 1. The van der Waals surface area contributed by atoms with Crippen molar-refractivity contribution in [2.45, 2.75) is 18.4 Å². The number of carbonyl (C=O) groups is 2. The first-order chi connectivity index (χ1) is 9.11. The monoisotopic (exact) mass is 259 g/mol. The summed E-state index contributed by atoms with van der Waals surface area (Å²) < 4.78 is 5.48. The molecule has 1 amide bonds. The number of carboxylic acid groups (broad SMARTS) is 1. The molecule has 2 N–H and O–H groups in total. The van der Waals surface area contributed by atoms with Crippen molar-refractivity contribution in [3.8, 4) is 5.75 Å². The maximum Gasteiger partial charge on any atom is 0.329 e. The highest BCUT2D eigenvalue weighted by Crippen LogP contribution is 2.36. The highest BCUT2D eigenvalue weighted by atomic mass is 16.5. The van der Waals surface area contributed by atoms with Crippen LogP contribution in [0.1, 0.15) is 18.4 Å². The SMILES string of the molecule is O=C(NC1(C(=O)O)CC1)C1=Cc2ccccc2OC1. The normalized spacial score (nSPS) is 18.6. The van der Waals surface area contributed by atoms with Gasteiger partial charge in [-0.25, -0.2) is 4.79 Å². The molecule has 5 nitrogen and oxygen atoms in total. The molecule has 0 atom stereocenters. The largest absolute Gasteiger partial charge is 0.488 e. The number of hydrogen-bond donors (Lipinski definition) is 2. The second-order valence-electron chi connectivity index (χ2n) is 4.84. The summed E-state index contributed by atoms with van der Waals surface area (Å²) >= 11 is 0. The predicted octanol–water partition coefficient (Wildman–Crippen LogP) is 1.20. The Labute approximate surface area is 109 Å². The van der Waals surface area contributed by atoms with Gasteiger partial charge in [-0.15, -0.1) is 0 Å². The Morgan fingerprint density at radius 3 is 2.68 bits per heavy atom. The van der Waals surface area contributed by atoms with Crippen LogP contribution in [0.4, 0.5) is 0 Å². The molecule has 1 heterocycles. The van der Waals surface area contributed by atoms with E-state index in [9.17, 15) is 9.59 Å². The summed E-state index contributed by atoms with van der Waals surface area (Å²) in [5.41, 5.74) is 0.222. The van der Waals surface area contributed by atoms with Crippen LogP contribution in [-0.4, -0.2) is 29.1 Å². The van der Waals surface area contributed by atoms with E-state index in [1.807, 2.05) is 24.3 Å². The Bertz CT molecular complexity index is 587. The van der Waals surface area contributed by atoms with Crippen molar-refractivity contribution in [3.63, 3.8) is 0 Å². The number of hydrogen-bond acceptors (Lipinski definition) is 3. The maximum absolute atomic E-state index is 12.0. The minimum absolute atomic E-state index is 0.165. The summed E-state index contributed by atoms with van der Waals surface area (Å²) in [7, 11) is 0. The summed E-state index contributed by atoms with van der Waals surface area (Å²) in [6.45, 7) is 0.165. The van der Waals surface area contributed by atoms with Gasteiger partial charge in [0.25, 0.3) is 5.91 Å². The Morgan fingerprint density at radius 1 is 1.26 bits per heavy atom. The number of carboxylic acids is 1. The summed E-state index contributed by atoms with van der Waals surface area (Å²) in [4.78, 5) is 23.1. The van der Waals surface area contributed by atoms with Gasteiger partial charge in [0, 0.05) is 5.56 Å². The first kappa shape index (κ1) is 11.8. The Kier molecular flexibility index (Phi) is 2.55. The molecule has 2 aliphatic rings. The van der Waals surface area contributed by atoms with Gasteiger partial charge >= 0.3 is 5.97 Å². The third-order valence-corrected chi connectivity index (χ3v) is 3.44. The van der Waals surface area contributed by atoms with Gasteiger partial charge < -0.3 is 15.2 Å². The zero-order valence-electron chi connectivity index (χ0n) is 10.2. The smallest absolute Gasteiger partial charge is 0.329 e. The molecule has 98 valence electrons. The van der Waals surface area contributed by atoms with Crippen molar-refractivity contribution in [2.24, 2.45) is 0 Å². The molecule has 0 spiro atoms. The summed E-state index contributed by atoms with van der Waals surface area (Å²) in [6.07, 6.45) is 2.71. The standard InChI is InChI=1S/C14H13NO4/c16-12(15-14(5-6-14)13(17)18)10-7-9-3-1-2-4-11(9)19-8-10/h1-4,7H,5-6,8H2,(H,15,16)(H,17,18). The quantitative estimate of drug-likeness (QED) is 0.855. The number of benzene rings is 1. The van der Waals surface area contributed by atoms with Crippen molar-refractivity contribution in [1.29, 1.82) is 0 Å². The van der Waals surface area contributed by atoms with Gasteiger partial charge in [-0.3, -0.25) is 4.79 Å². The fourth-order valence-corrected chi connectivity index (χ4v) is 2.06. The van der Waals surface area contributed by atoms with E-state index in [0.717, 1.165) is 11.3 Å². The van der Waals surface area contributed by atoms with E-state index in [-0.39, 0.29) is 12.5 Å². The van der Waals surface area contributed by atoms with Crippen LogP contribution in [0.15, 0.2) is 29.8 Å². The molecule has 1 saturated carbocycles. The summed E-state index contributed by atoms with van der Waals surface area (Å²) in [5.74, 6) is -0.605. The van der Waals surface area contributed by atoms with Gasteiger partial charge in [0.05, 0.1) is 5.57 Å². The van der Waals surface area contributed by atoms with E-state index in [1.165, 1.54) is 0 Å². The molecule has 0 bridgehead atoms. The average molecular weight is 259 g/mol. The molecule has 0 saturated heterocycles. The van der Waals surface area contributed by atoms with Crippen LogP contribution < -0.4 is 10.1 Å². The lowest BCUT2D eigenvalue weighted by atomic mass is 10.1. The van der Waals surface area contributed by atoms with E-state index in [1.54, 1.807) is 6.08 Å². The molecule has 0 aromatic heterocycles. The molecule has 19 heavy (non-hydrogen) atoms. The predicted molar refractivity (Wildman–Crippen MR) is 67.7 cm³/mol. The van der Waals surface area contributed by atoms with Crippen molar-refractivity contribution >= 4 is 18.0 Å². The number of carbonyl (C=O) groups excluding carboxylic acids is 1. The minimum Gasteiger partial charge on any atom is -0.488 e. The van der Waals surface area contributed by atoms with Gasteiger partial charge in [0.1, 0.15) is 17.9 Å². The number of rotatable bonds is 3. The van der Waals surface area contributed by atoms with Crippen LogP contribution in [0.3, 0.4) is 0 Å². The number of amides is 1. The van der Waals surface area contributed by atoms with E-state index < -0.39 is 11.5 Å². The minimum atomic E-state index is -1.06. The fourth-order valence-electron chi connectivity index (χ4n) is 2.06. The first-order valence-electron chi connectivity index (χ1n) is 6.09. The highest BCUT2D eigenvalue weighted by molar-refractivity contribution is 6.02. The number of fused-ring (bicyclic) bond motifs is 1. The van der Waals surface area contributed by atoms with E-state index in [0.29, 0.717) is 18.4 Å². The van der Waals surface area contributed by atoms with Crippen LogP contribution >= 0.6 is 0 Å². The number of nitrogens with one attached hydrogen (secondary N) is 1. The van der Waals surface area contributed by atoms with Crippen molar-refractivity contribution in [3.05, 3.63) is 35.4 Å². The van der Waals surface area contributed by atoms with Crippen molar-refractivity contribution < 1.29 is 19.4 Å². The molecule has 1 aliphatic heterocycles. The van der Waals surface area contributed by atoms with Gasteiger partial charge in [0.15, 0.2) is 0 Å². The third kappa shape index (κ3) is 2.07. The zero-order chi connectivity index (χ0) is 13.5. The molecule has 1 aromatic carbocycles. The third-order valence-electron chi connectivity index (χ3n) is 3.44. The Balaban J connectivity index is 1.79. The molecule has 3 rings (SSSR count). The van der Waals surface area contributed by atoms with Gasteiger partial charge in [-0.1, -0.05) is 18.2 Å². The number of para-hydroxylation sites is 1. The lowest BCUT2D eigenvalue weighted by Gasteiger charge is -2.19. The van der Waals surface area contributed by atoms with Crippen LogP contribution in [0.2, 0.25) is 0 Å². The lowest BCUT2D eigenvalue weighted by molar-refractivity contribution is -0.142. The summed E-state index contributed by atoms with van der Waals surface area (Å²) in [5, 5.41) is 11.6. The number of ether oxygens (including phenoxy) is 1. The second kappa shape index (κ2) is 4.12. The van der Waals surface area contributed by atoms with Crippen molar-refractivity contribution in [2.75, 3.05) is 6.61 Å². The maximum atomic E-state index is 12.0. The van der Waals surface area contributed by atoms with Gasteiger partial charge in [0.2, 0.25) is 0 Å².